The molecule has 138 valence electrons. The van der Waals surface area contributed by atoms with Gasteiger partial charge in [-0.3, -0.25) is 4.79 Å². The summed E-state index contributed by atoms with van der Waals surface area (Å²) in [6, 6.07) is 5.94. The molecule has 0 aromatic heterocycles. The topological polar surface area (TPSA) is 89.5 Å². The first-order chi connectivity index (χ1) is 11.8. The number of hydrogen-bond acceptors (Lipinski definition) is 5. The molecule has 1 amide bonds. The molecule has 1 aromatic carbocycles. The van der Waals surface area contributed by atoms with Crippen LogP contribution < -0.4 is 5.32 Å². The summed E-state index contributed by atoms with van der Waals surface area (Å²) in [6.07, 6.45) is 6.44. The van der Waals surface area contributed by atoms with Gasteiger partial charge in [0.25, 0.3) is 5.91 Å². The van der Waals surface area contributed by atoms with Crippen LogP contribution in [0.2, 0.25) is 0 Å². The minimum atomic E-state index is -3.56. The highest BCUT2D eigenvalue weighted by Crippen LogP contribution is 2.19. The van der Waals surface area contributed by atoms with Crippen molar-refractivity contribution in [3.05, 3.63) is 29.8 Å². The maximum atomic E-state index is 12.3. The zero-order valence-corrected chi connectivity index (χ0v) is 15.5. The van der Waals surface area contributed by atoms with E-state index in [1.165, 1.54) is 38.0 Å². The fourth-order valence-corrected chi connectivity index (χ4v) is 3.86. The van der Waals surface area contributed by atoms with Crippen molar-refractivity contribution < 1.29 is 22.7 Å². The zero-order valence-electron chi connectivity index (χ0n) is 14.7. The predicted molar refractivity (Wildman–Crippen MR) is 94.1 cm³/mol. The van der Waals surface area contributed by atoms with Crippen LogP contribution in [0.1, 0.15) is 55.8 Å². The molecule has 1 unspecified atom stereocenters. The maximum absolute atomic E-state index is 12.3. The molecule has 0 heterocycles. The second-order valence-corrected chi connectivity index (χ2v) is 8.50. The summed E-state index contributed by atoms with van der Waals surface area (Å²) in [7, 11) is -3.56. The van der Waals surface area contributed by atoms with Gasteiger partial charge in [0, 0.05) is 12.3 Å². The van der Waals surface area contributed by atoms with E-state index in [1.54, 1.807) is 6.07 Å². The number of carbonyl (C=O) groups is 2. The van der Waals surface area contributed by atoms with E-state index in [0.717, 1.165) is 31.9 Å². The van der Waals surface area contributed by atoms with Gasteiger partial charge in [-0.05, 0) is 31.9 Å². The van der Waals surface area contributed by atoms with Gasteiger partial charge in [0.05, 0.1) is 10.5 Å². The lowest BCUT2D eigenvalue weighted by molar-refractivity contribution is -0.129. The van der Waals surface area contributed by atoms with Gasteiger partial charge in [-0.2, -0.15) is 0 Å². The molecule has 1 N–H and O–H groups in total. The predicted octanol–water partition coefficient (Wildman–Crippen LogP) is 2.47. The summed E-state index contributed by atoms with van der Waals surface area (Å²) in [4.78, 5) is 24.5. The van der Waals surface area contributed by atoms with Crippen molar-refractivity contribution in [3.8, 4) is 0 Å². The molecule has 6 nitrogen and oxygen atoms in total. The van der Waals surface area contributed by atoms with Crippen LogP contribution in [0.25, 0.3) is 0 Å². The molecule has 1 aliphatic rings. The molecule has 0 spiro atoms. The number of carbonyl (C=O) groups excluding carboxylic acids is 2. The monoisotopic (exact) mass is 367 g/mol. The zero-order chi connectivity index (χ0) is 18.4. The van der Waals surface area contributed by atoms with Crippen LogP contribution in [-0.2, 0) is 19.4 Å². The summed E-state index contributed by atoms with van der Waals surface area (Å²) in [6.45, 7) is 1.49. The van der Waals surface area contributed by atoms with Gasteiger partial charge in [-0.25, -0.2) is 13.2 Å². The van der Waals surface area contributed by atoms with Crippen LogP contribution in [0.15, 0.2) is 29.2 Å². The molecule has 7 heteroatoms. The van der Waals surface area contributed by atoms with Crippen molar-refractivity contribution in [3.63, 3.8) is 0 Å². The SMILES string of the molecule is CC(OC(=O)c1ccccc1S(C)(=O)=O)C(=O)NC1CCCCCC1. The van der Waals surface area contributed by atoms with E-state index < -0.39 is 21.9 Å². The summed E-state index contributed by atoms with van der Waals surface area (Å²) < 4.78 is 28.8. The number of amides is 1. The Morgan fingerprint density at radius 3 is 2.32 bits per heavy atom. The molecular weight excluding hydrogens is 342 g/mol. The third-order valence-electron chi connectivity index (χ3n) is 4.36. The Morgan fingerprint density at radius 1 is 1.12 bits per heavy atom. The van der Waals surface area contributed by atoms with Gasteiger partial charge in [-0.1, -0.05) is 37.8 Å². The number of sulfone groups is 1. The van der Waals surface area contributed by atoms with Crippen molar-refractivity contribution >= 4 is 21.7 Å². The van der Waals surface area contributed by atoms with E-state index in [1.807, 2.05) is 0 Å². The summed E-state index contributed by atoms with van der Waals surface area (Å²) in [5.74, 6) is -1.17. The van der Waals surface area contributed by atoms with E-state index in [2.05, 4.69) is 5.32 Å². The normalized spacial score (nSPS) is 17.4. The summed E-state index contributed by atoms with van der Waals surface area (Å²) in [5.41, 5.74) is -0.0564. The Hall–Kier alpha value is -1.89. The van der Waals surface area contributed by atoms with Gasteiger partial charge < -0.3 is 10.1 Å². The second kappa shape index (κ2) is 8.47. The van der Waals surface area contributed by atoms with Crippen LogP contribution >= 0.6 is 0 Å². The van der Waals surface area contributed by atoms with Gasteiger partial charge in [-0.15, -0.1) is 0 Å². The molecule has 1 aliphatic carbocycles. The van der Waals surface area contributed by atoms with Crippen molar-refractivity contribution in [1.29, 1.82) is 0 Å². The molecule has 25 heavy (non-hydrogen) atoms. The first kappa shape index (κ1) is 19.4. The molecule has 2 rings (SSSR count). The summed E-state index contributed by atoms with van der Waals surface area (Å²) >= 11 is 0. The quantitative estimate of drug-likeness (QED) is 0.638. The van der Waals surface area contributed by atoms with Crippen molar-refractivity contribution in [2.24, 2.45) is 0 Å². The van der Waals surface area contributed by atoms with Crippen molar-refractivity contribution in [1.82, 2.24) is 5.32 Å². The first-order valence-corrected chi connectivity index (χ1v) is 10.5. The lowest BCUT2D eigenvalue weighted by Gasteiger charge is -2.20. The molecule has 0 radical (unpaired) electrons. The molecule has 0 aliphatic heterocycles. The van der Waals surface area contributed by atoms with Gasteiger partial charge in [0.1, 0.15) is 0 Å². The lowest BCUT2D eigenvalue weighted by Crippen LogP contribution is -2.42. The molecule has 0 bridgehead atoms. The Bertz CT molecular complexity index is 721. The standard InChI is InChI=1S/C18H25NO5S/c1-13(17(20)19-14-9-5-3-4-6-10-14)24-18(21)15-11-7-8-12-16(15)25(2,22)23/h7-8,11-14H,3-6,9-10H2,1-2H3,(H,19,20). The Balaban J connectivity index is 2.01. The van der Waals surface area contributed by atoms with E-state index in [4.69, 9.17) is 4.74 Å². The van der Waals surface area contributed by atoms with Crippen LogP contribution in [0.5, 0.6) is 0 Å². The minimum absolute atomic E-state index is 0.0564. The largest absolute Gasteiger partial charge is 0.449 e. The van der Waals surface area contributed by atoms with E-state index in [9.17, 15) is 18.0 Å². The number of ether oxygens (including phenoxy) is 1. The van der Waals surface area contributed by atoms with Crippen molar-refractivity contribution in [2.75, 3.05) is 6.26 Å². The second-order valence-electron chi connectivity index (χ2n) is 6.51. The molecule has 0 saturated heterocycles. The highest BCUT2D eigenvalue weighted by molar-refractivity contribution is 7.90. The van der Waals surface area contributed by atoms with Gasteiger partial charge in [0.15, 0.2) is 15.9 Å². The number of nitrogens with one attached hydrogen (secondary N) is 1. The molecule has 1 atom stereocenters. The fourth-order valence-electron chi connectivity index (χ4n) is 2.98. The molecule has 1 aromatic rings. The molecular formula is C18H25NO5S. The number of rotatable bonds is 5. The van der Waals surface area contributed by atoms with E-state index >= 15 is 0 Å². The Morgan fingerprint density at radius 2 is 1.72 bits per heavy atom. The molecule has 1 saturated carbocycles. The van der Waals surface area contributed by atoms with Gasteiger partial charge >= 0.3 is 5.97 Å². The maximum Gasteiger partial charge on any atom is 0.340 e. The average Bonchev–Trinajstić information content (AvgIpc) is 2.82. The number of hydrogen-bond donors (Lipinski definition) is 1. The average molecular weight is 367 g/mol. The Labute approximate surface area is 148 Å². The fraction of sp³-hybridized carbons (Fsp3) is 0.556. The minimum Gasteiger partial charge on any atom is -0.449 e. The first-order valence-electron chi connectivity index (χ1n) is 8.59. The van der Waals surface area contributed by atoms with Crippen LogP contribution in [0, 0.1) is 0 Å². The third kappa shape index (κ3) is 5.56. The number of esters is 1. The smallest absolute Gasteiger partial charge is 0.340 e. The van der Waals surface area contributed by atoms with Crippen LogP contribution in [0.3, 0.4) is 0 Å². The van der Waals surface area contributed by atoms with E-state index in [0.29, 0.717) is 0 Å². The lowest BCUT2D eigenvalue weighted by atomic mass is 10.1. The highest BCUT2D eigenvalue weighted by Gasteiger charge is 2.25. The van der Waals surface area contributed by atoms with Crippen LogP contribution in [0.4, 0.5) is 0 Å². The summed E-state index contributed by atoms with van der Waals surface area (Å²) in [5, 5.41) is 2.93. The Kier molecular flexibility index (Phi) is 6.58. The number of benzene rings is 1. The van der Waals surface area contributed by atoms with Crippen molar-refractivity contribution in [2.45, 2.75) is 62.5 Å². The molecule has 1 fully saturated rings. The highest BCUT2D eigenvalue weighted by atomic mass is 32.2. The van der Waals surface area contributed by atoms with Gasteiger partial charge in [0.2, 0.25) is 0 Å². The van der Waals surface area contributed by atoms with Crippen LogP contribution in [-0.4, -0.2) is 38.7 Å². The third-order valence-corrected chi connectivity index (χ3v) is 5.52. The van der Waals surface area contributed by atoms with E-state index in [-0.39, 0.29) is 22.4 Å².